The van der Waals surface area contributed by atoms with Crippen LogP contribution in [0.2, 0.25) is 0 Å². The molecule has 0 aliphatic heterocycles. The van der Waals surface area contributed by atoms with Gasteiger partial charge < -0.3 is 5.73 Å². The van der Waals surface area contributed by atoms with Gasteiger partial charge in [-0.05, 0) is 44.1 Å². The predicted molar refractivity (Wildman–Crippen MR) is 66.6 cm³/mol. The summed E-state index contributed by atoms with van der Waals surface area (Å²) >= 11 is 0. The Morgan fingerprint density at radius 1 is 1.31 bits per heavy atom. The molecule has 1 saturated carbocycles. The van der Waals surface area contributed by atoms with Crippen LogP contribution in [0.1, 0.15) is 39.0 Å². The fourth-order valence-corrected chi connectivity index (χ4v) is 3.48. The summed E-state index contributed by atoms with van der Waals surface area (Å²) in [7, 11) is -3.06. The van der Waals surface area contributed by atoms with Crippen molar-refractivity contribution in [1.29, 1.82) is 0 Å². The van der Waals surface area contributed by atoms with E-state index in [0.29, 0.717) is 25.4 Å². The number of unbranched alkanes of at least 4 members (excludes halogenated alkanes) is 1. The molecule has 0 saturated heterocycles. The van der Waals surface area contributed by atoms with Gasteiger partial charge in [-0.2, -0.15) is 0 Å². The number of nitrogens with two attached hydrogens (primary N) is 1. The topological polar surface area (TPSA) is 72.2 Å². The van der Waals surface area contributed by atoms with E-state index in [1.165, 1.54) is 6.42 Å². The molecule has 1 fully saturated rings. The maximum absolute atomic E-state index is 11.6. The molecule has 1 aliphatic carbocycles. The van der Waals surface area contributed by atoms with Crippen LogP contribution in [0, 0.1) is 11.8 Å². The third-order valence-electron chi connectivity index (χ3n) is 3.26. The van der Waals surface area contributed by atoms with E-state index in [4.69, 9.17) is 5.73 Å². The first-order valence-corrected chi connectivity index (χ1v) is 7.86. The first-order valence-electron chi connectivity index (χ1n) is 6.21. The van der Waals surface area contributed by atoms with Crippen molar-refractivity contribution in [3.05, 3.63) is 0 Å². The van der Waals surface area contributed by atoms with Crippen LogP contribution in [-0.2, 0) is 10.0 Å². The van der Waals surface area contributed by atoms with Gasteiger partial charge >= 0.3 is 0 Å². The molecule has 16 heavy (non-hydrogen) atoms. The van der Waals surface area contributed by atoms with E-state index in [0.717, 1.165) is 25.2 Å². The van der Waals surface area contributed by atoms with E-state index in [2.05, 4.69) is 11.6 Å². The van der Waals surface area contributed by atoms with Crippen LogP contribution >= 0.6 is 0 Å². The Morgan fingerprint density at radius 3 is 2.62 bits per heavy atom. The molecular weight excluding hydrogens is 224 g/mol. The molecule has 0 aromatic rings. The molecule has 96 valence electrons. The van der Waals surface area contributed by atoms with Crippen LogP contribution in [0.15, 0.2) is 0 Å². The van der Waals surface area contributed by atoms with Gasteiger partial charge in [0.25, 0.3) is 0 Å². The van der Waals surface area contributed by atoms with Crippen LogP contribution in [0.3, 0.4) is 0 Å². The summed E-state index contributed by atoms with van der Waals surface area (Å²) in [5, 5.41) is 0. The molecule has 0 bridgehead atoms. The molecule has 0 radical (unpaired) electrons. The van der Waals surface area contributed by atoms with Crippen LogP contribution in [-0.4, -0.2) is 27.3 Å². The highest BCUT2D eigenvalue weighted by Gasteiger charge is 2.22. The quantitative estimate of drug-likeness (QED) is 0.662. The maximum Gasteiger partial charge on any atom is 0.211 e. The van der Waals surface area contributed by atoms with Crippen LogP contribution in [0.25, 0.3) is 0 Å². The molecule has 5 heteroatoms. The summed E-state index contributed by atoms with van der Waals surface area (Å²) in [6, 6.07) is 0. The van der Waals surface area contributed by atoms with Crippen molar-refractivity contribution in [1.82, 2.24) is 4.72 Å². The third-order valence-corrected chi connectivity index (χ3v) is 4.70. The maximum atomic E-state index is 11.6. The molecule has 0 spiro atoms. The van der Waals surface area contributed by atoms with Crippen molar-refractivity contribution in [2.45, 2.75) is 39.0 Å². The highest BCUT2D eigenvalue weighted by Crippen LogP contribution is 2.29. The van der Waals surface area contributed by atoms with Gasteiger partial charge in [-0.3, -0.25) is 0 Å². The van der Waals surface area contributed by atoms with Crippen LogP contribution in [0.5, 0.6) is 0 Å². The lowest BCUT2D eigenvalue weighted by molar-refractivity contribution is 0.497. The number of rotatable bonds is 7. The molecule has 4 nitrogen and oxygen atoms in total. The fraction of sp³-hybridized carbons (Fsp3) is 1.00. The summed E-state index contributed by atoms with van der Waals surface area (Å²) in [4.78, 5) is 0. The molecule has 0 amide bonds. The van der Waals surface area contributed by atoms with Gasteiger partial charge in [0.1, 0.15) is 0 Å². The second-order valence-electron chi connectivity index (χ2n) is 4.95. The number of hydrogen-bond donors (Lipinski definition) is 2. The standard InChI is InChI=1S/C11H24N2O2S/c1-10-4-5-11(8-10)9-13-16(14,15)7-3-2-6-12/h10-11,13H,2-9,12H2,1H3. The molecule has 0 heterocycles. The summed E-state index contributed by atoms with van der Waals surface area (Å²) in [6.07, 6.45) is 4.99. The highest BCUT2D eigenvalue weighted by atomic mass is 32.2. The zero-order chi connectivity index (χ0) is 12.0. The Balaban J connectivity index is 2.20. The average molecular weight is 248 g/mol. The Bertz CT molecular complexity index is 290. The normalized spacial score (nSPS) is 26.1. The first kappa shape index (κ1) is 13.9. The molecule has 0 aromatic carbocycles. The Labute approximate surface area is 99.0 Å². The Morgan fingerprint density at radius 2 is 2.06 bits per heavy atom. The lowest BCUT2D eigenvalue weighted by Gasteiger charge is -2.11. The smallest absolute Gasteiger partial charge is 0.211 e. The lowest BCUT2D eigenvalue weighted by Crippen LogP contribution is -2.30. The number of hydrogen-bond acceptors (Lipinski definition) is 3. The van der Waals surface area contributed by atoms with Crippen molar-refractivity contribution in [2.75, 3.05) is 18.8 Å². The van der Waals surface area contributed by atoms with Crippen LogP contribution < -0.4 is 10.5 Å². The number of sulfonamides is 1. The van der Waals surface area contributed by atoms with Crippen molar-refractivity contribution < 1.29 is 8.42 Å². The van der Waals surface area contributed by atoms with E-state index in [1.54, 1.807) is 0 Å². The molecule has 1 rings (SSSR count). The minimum atomic E-state index is -3.06. The average Bonchev–Trinajstić information content (AvgIpc) is 2.62. The number of nitrogens with one attached hydrogen (secondary N) is 1. The Kier molecular flexibility index (Phi) is 5.72. The predicted octanol–water partition coefficient (Wildman–Crippen LogP) is 1.08. The summed E-state index contributed by atoms with van der Waals surface area (Å²) < 4.78 is 25.9. The summed E-state index contributed by atoms with van der Waals surface area (Å²) in [6.45, 7) is 3.42. The van der Waals surface area contributed by atoms with E-state index < -0.39 is 10.0 Å². The summed E-state index contributed by atoms with van der Waals surface area (Å²) in [5.74, 6) is 1.51. The third kappa shape index (κ3) is 5.27. The van der Waals surface area contributed by atoms with Gasteiger partial charge in [0, 0.05) is 6.54 Å². The minimum Gasteiger partial charge on any atom is -0.330 e. The van der Waals surface area contributed by atoms with Crippen molar-refractivity contribution in [3.8, 4) is 0 Å². The minimum absolute atomic E-state index is 0.215. The second-order valence-corrected chi connectivity index (χ2v) is 6.87. The highest BCUT2D eigenvalue weighted by molar-refractivity contribution is 7.89. The molecule has 2 unspecified atom stereocenters. The zero-order valence-electron chi connectivity index (χ0n) is 10.1. The zero-order valence-corrected chi connectivity index (χ0v) is 10.9. The largest absolute Gasteiger partial charge is 0.330 e. The molecular formula is C11H24N2O2S. The van der Waals surface area contributed by atoms with Crippen LogP contribution in [0.4, 0.5) is 0 Å². The fourth-order valence-electron chi connectivity index (χ4n) is 2.26. The monoisotopic (exact) mass is 248 g/mol. The van der Waals surface area contributed by atoms with Gasteiger partial charge in [0.2, 0.25) is 10.0 Å². The molecule has 0 aromatic heterocycles. The Hall–Kier alpha value is -0.130. The molecule has 1 aliphatic rings. The van der Waals surface area contributed by atoms with Gasteiger partial charge in [-0.15, -0.1) is 0 Å². The van der Waals surface area contributed by atoms with Crippen molar-refractivity contribution in [3.63, 3.8) is 0 Å². The van der Waals surface area contributed by atoms with E-state index >= 15 is 0 Å². The van der Waals surface area contributed by atoms with Gasteiger partial charge in [-0.1, -0.05) is 13.3 Å². The van der Waals surface area contributed by atoms with Crippen molar-refractivity contribution >= 4 is 10.0 Å². The van der Waals surface area contributed by atoms with E-state index in [9.17, 15) is 8.42 Å². The SMILES string of the molecule is CC1CCC(CNS(=O)(=O)CCCCN)C1. The molecule has 2 atom stereocenters. The molecule has 3 N–H and O–H groups in total. The lowest BCUT2D eigenvalue weighted by atomic mass is 10.1. The second kappa shape index (κ2) is 6.57. The van der Waals surface area contributed by atoms with E-state index in [1.807, 2.05) is 0 Å². The van der Waals surface area contributed by atoms with Gasteiger partial charge in [0.15, 0.2) is 0 Å². The summed E-state index contributed by atoms with van der Waals surface area (Å²) in [5.41, 5.74) is 5.33. The van der Waals surface area contributed by atoms with E-state index in [-0.39, 0.29) is 5.75 Å². The van der Waals surface area contributed by atoms with Crippen molar-refractivity contribution in [2.24, 2.45) is 17.6 Å². The van der Waals surface area contributed by atoms with Gasteiger partial charge in [0.05, 0.1) is 5.75 Å². The van der Waals surface area contributed by atoms with Gasteiger partial charge in [-0.25, -0.2) is 13.1 Å². The first-order chi connectivity index (χ1) is 7.53.